The van der Waals surface area contributed by atoms with Crippen molar-refractivity contribution in [2.75, 3.05) is 8.46 Å². The summed E-state index contributed by atoms with van der Waals surface area (Å²) in [6, 6.07) is 106. The molecule has 1 aliphatic rings. The summed E-state index contributed by atoms with van der Waals surface area (Å²) in [6.45, 7) is 0. The van der Waals surface area contributed by atoms with E-state index in [1.807, 2.05) is 22.7 Å². The molecule has 1 fully saturated rings. The number of fused-ring (bicyclic) bond motifs is 8. The SMILES string of the molecule is c1ccc([Si]2(c3ccccc3)N(c3cccc4c3sc3ccc(-c5ccc6ccccc6c5)cc34)[Si](c3ccccc3)(c3ccccc3)N2c2cccc3c2sc2ccc(-c4ccc5ccccc5c4)cc23)cc1. The summed E-state index contributed by atoms with van der Waals surface area (Å²) >= 11 is 3.89. The van der Waals surface area contributed by atoms with E-state index in [0.29, 0.717) is 0 Å². The fraction of sp³-hybridized carbons (Fsp3) is 0. The number of thiophene rings is 2. The molecule has 2 nitrogen and oxygen atoms in total. The molecule has 1 aliphatic heterocycles. The van der Waals surface area contributed by atoms with Gasteiger partial charge in [-0.1, -0.05) is 231 Å². The number of hydrogen-bond acceptors (Lipinski definition) is 4. The maximum atomic E-state index is 3.07. The molecular weight excluding hydrogens is 965 g/mol. The molecule has 0 spiro atoms. The molecule has 6 heteroatoms. The number of anilines is 2. The Morgan fingerprint density at radius 1 is 0.243 bits per heavy atom. The zero-order valence-corrected chi connectivity index (χ0v) is 43.9. The summed E-state index contributed by atoms with van der Waals surface area (Å²) in [5.74, 6) is 0. The van der Waals surface area contributed by atoms with Crippen LogP contribution < -0.4 is 29.2 Å². The van der Waals surface area contributed by atoms with Crippen molar-refractivity contribution in [3.05, 3.63) is 279 Å². The van der Waals surface area contributed by atoms with E-state index in [2.05, 4.69) is 288 Å². The molecule has 0 saturated carbocycles. The Balaban J connectivity index is 1.03. The van der Waals surface area contributed by atoms with Crippen molar-refractivity contribution in [3.8, 4) is 22.3 Å². The van der Waals surface area contributed by atoms with E-state index < -0.39 is 16.8 Å². The summed E-state index contributed by atoms with van der Waals surface area (Å²) in [5.41, 5.74) is 7.54. The molecule has 0 aliphatic carbocycles. The Morgan fingerprint density at radius 2 is 0.568 bits per heavy atom. The minimum absolute atomic E-state index is 1.24. The molecule has 0 N–H and O–H groups in total. The first-order chi connectivity index (χ1) is 36.7. The molecule has 12 aromatic carbocycles. The molecule has 348 valence electrons. The van der Waals surface area contributed by atoms with Crippen molar-refractivity contribution in [2.24, 2.45) is 0 Å². The van der Waals surface area contributed by atoms with E-state index in [9.17, 15) is 0 Å². The third-order valence-electron chi connectivity index (χ3n) is 15.6. The molecule has 0 amide bonds. The van der Waals surface area contributed by atoms with Crippen LogP contribution in [0, 0.1) is 0 Å². The first-order valence-corrected chi connectivity index (χ1v) is 30.8. The lowest BCUT2D eigenvalue weighted by atomic mass is 9.99. The molecule has 1 saturated heterocycles. The predicted molar refractivity (Wildman–Crippen MR) is 325 cm³/mol. The van der Waals surface area contributed by atoms with Crippen LogP contribution in [-0.4, -0.2) is 16.8 Å². The van der Waals surface area contributed by atoms with Gasteiger partial charge in [-0.2, -0.15) is 0 Å². The van der Waals surface area contributed by atoms with Crippen molar-refractivity contribution in [1.82, 2.24) is 0 Å². The van der Waals surface area contributed by atoms with Gasteiger partial charge in [-0.3, -0.25) is 0 Å². The van der Waals surface area contributed by atoms with Gasteiger partial charge in [0.1, 0.15) is 0 Å². The summed E-state index contributed by atoms with van der Waals surface area (Å²) in [5, 5.41) is 15.6. The standard InChI is InChI=1S/C68H46N2S2Si2/c1-5-23-55(24-6-1)73(56-25-7-2-8-26-56)69(63-33-17-31-59-61-45-53(39-41-65(61)71-67(59)63)51-37-35-47-19-13-15-21-49(47)43-51)74(57-27-9-3-10-28-57,58-29-11-4-12-30-58)70(73)64-34-18-32-60-62-46-54(40-42-66(62)72-68(60)64)52-38-36-48-20-14-16-22-50(48)44-52/h1-46H. The minimum atomic E-state index is -3.31. The van der Waals surface area contributed by atoms with Crippen molar-refractivity contribution in [2.45, 2.75) is 0 Å². The van der Waals surface area contributed by atoms with Crippen LogP contribution in [0.25, 0.3) is 84.1 Å². The van der Waals surface area contributed by atoms with Crippen LogP contribution in [0.5, 0.6) is 0 Å². The average Bonchev–Trinajstić information content (AvgIpc) is 4.11. The zero-order valence-electron chi connectivity index (χ0n) is 40.3. The lowest BCUT2D eigenvalue weighted by molar-refractivity contribution is 1.23. The summed E-state index contributed by atoms with van der Waals surface area (Å²) in [6.07, 6.45) is 0. The van der Waals surface area contributed by atoms with Gasteiger partial charge in [-0.15, -0.1) is 22.7 Å². The Morgan fingerprint density at radius 3 is 0.946 bits per heavy atom. The number of nitrogens with zero attached hydrogens (tertiary/aromatic N) is 2. The fourth-order valence-corrected chi connectivity index (χ4v) is 30.4. The van der Waals surface area contributed by atoms with Gasteiger partial charge in [0.15, 0.2) is 0 Å². The van der Waals surface area contributed by atoms with Crippen LogP contribution >= 0.6 is 22.7 Å². The molecule has 0 radical (unpaired) electrons. The number of rotatable bonds is 8. The lowest BCUT2D eigenvalue weighted by Crippen LogP contribution is -3.07. The van der Waals surface area contributed by atoms with Crippen LogP contribution in [-0.2, 0) is 0 Å². The molecule has 0 atom stereocenters. The highest BCUT2D eigenvalue weighted by Gasteiger charge is 2.75. The highest BCUT2D eigenvalue weighted by atomic mass is 32.1. The van der Waals surface area contributed by atoms with Gasteiger partial charge in [0.05, 0.1) is 9.40 Å². The molecule has 2 aromatic heterocycles. The summed E-state index contributed by atoms with van der Waals surface area (Å²) in [7, 11) is -6.61. The van der Waals surface area contributed by atoms with Crippen LogP contribution in [0.1, 0.15) is 0 Å². The average molecular weight is 1010 g/mol. The van der Waals surface area contributed by atoms with E-state index in [1.165, 1.54) is 116 Å². The maximum Gasteiger partial charge on any atom is 0.318 e. The molecule has 0 unspecified atom stereocenters. The van der Waals surface area contributed by atoms with Crippen molar-refractivity contribution < 1.29 is 0 Å². The zero-order chi connectivity index (χ0) is 48.8. The maximum absolute atomic E-state index is 3.31. The van der Waals surface area contributed by atoms with Gasteiger partial charge >= 0.3 is 16.8 Å². The molecule has 14 aromatic rings. The summed E-state index contributed by atoms with van der Waals surface area (Å²) in [4.78, 5) is 0. The van der Waals surface area contributed by atoms with Crippen LogP contribution in [0.2, 0.25) is 0 Å². The monoisotopic (exact) mass is 1010 g/mol. The third kappa shape index (κ3) is 6.39. The smallest absolute Gasteiger partial charge is 0.318 e. The normalized spacial score (nSPS) is 14.1. The van der Waals surface area contributed by atoms with Gasteiger partial charge in [-0.25, -0.2) is 0 Å². The molecule has 74 heavy (non-hydrogen) atoms. The van der Waals surface area contributed by atoms with E-state index in [1.54, 1.807) is 0 Å². The Labute approximate surface area is 440 Å². The quantitative estimate of drug-likeness (QED) is 0.140. The van der Waals surface area contributed by atoms with Crippen LogP contribution in [0.3, 0.4) is 0 Å². The molecule has 0 bridgehead atoms. The van der Waals surface area contributed by atoms with Gasteiger partial charge in [0.25, 0.3) is 0 Å². The minimum Gasteiger partial charge on any atom is -0.377 e. The second-order valence-electron chi connectivity index (χ2n) is 19.5. The Bertz CT molecular complexity index is 4080. The Hall–Kier alpha value is -8.37. The molecular formula is C68H46N2S2Si2. The van der Waals surface area contributed by atoms with E-state index in [4.69, 9.17) is 0 Å². The Kier molecular flexibility index (Phi) is 10.0. The van der Waals surface area contributed by atoms with Gasteiger partial charge < -0.3 is 8.46 Å². The van der Waals surface area contributed by atoms with Gasteiger partial charge in [-0.05, 0) is 113 Å². The first-order valence-electron chi connectivity index (χ1n) is 25.4. The van der Waals surface area contributed by atoms with Crippen molar-refractivity contribution >= 4 is 133 Å². The third-order valence-corrected chi connectivity index (χ3v) is 30.0. The van der Waals surface area contributed by atoms with E-state index in [-0.39, 0.29) is 0 Å². The summed E-state index contributed by atoms with van der Waals surface area (Å²) < 4.78 is 11.4. The van der Waals surface area contributed by atoms with Crippen LogP contribution in [0.4, 0.5) is 11.4 Å². The second kappa shape index (κ2) is 17.1. The second-order valence-corrected chi connectivity index (χ2v) is 29.3. The molecule has 15 rings (SSSR count). The number of hydrogen-bond donors (Lipinski definition) is 0. The molecule has 3 heterocycles. The highest BCUT2D eigenvalue weighted by Crippen LogP contribution is 2.53. The van der Waals surface area contributed by atoms with E-state index >= 15 is 0 Å². The lowest BCUT2D eigenvalue weighted by Gasteiger charge is -2.73. The predicted octanol–water partition coefficient (Wildman–Crippen LogP) is 15.9. The van der Waals surface area contributed by atoms with Gasteiger partial charge in [0, 0.05) is 42.3 Å². The largest absolute Gasteiger partial charge is 0.377 e. The van der Waals surface area contributed by atoms with Gasteiger partial charge in [0.2, 0.25) is 0 Å². The van der Waals surface area contributed by atoms with Crippen LogP contribution in [0.15, 0.2) is 279 Å². The van der Waals surface area contributed by atoms with Crippen molar-refractivity contribution in [1.29, 1.82) is 0 Å². The van der Waals surface area contributed by atoms with E-state index in [0.717, 1.165) is 0 Å². The fourth-order valence-electron chi connectivity index (χ4n) is 12.4. The topological polar surface area (TPSA) is 6.48 Å². The van der Waals surface area contributed by atoms with Crippen molar-refractivity contribution in [3.63, 3.8) is 0 Å². The number of benzene rings is 12. The highest BCUT2D eigenvalue weighted by molar-refractivity contribution is 7.39. The first kappa shape index (κ1) is 43.2.